The van der Waals surface area contributed by atoms with E-state index in [-0.39, 0.29) is 11.6 Å². The predicted octanol–water partition coefficient (Wildman–Crippen LogP) is 2.60. The summed E-state index contributed by atoms with van der Waals surface area (Å²) in [5.74, 6) is 0.372. The van der Waals surface area contributed by atoms with Crippen LogP contribution in [0.1, 0.15) is 36.5 Å². The molecule has 1 heterocycles. The van der Waals surface area contributed by atoms with Crippen molar-refractivity contribution in [3.63, 3.8) is 0 Å². The number of carbonyl (C=O) groups excluding carboxylic acids is 1. The first-order valence-corrected chi connectivity index (χ1v) is 7.02. The number of hydrogen-bond acceptors (Lipinski definition) is 4. The molecule has 0 aliphatic heterocycles. The Morgan fingerprint density at radius 2 is 2.24 bits per heavy atom. The number of aryl methyl sites for hydroxylation is 1. The molecule has 112 valence electrons. The fraction of sp³-hybridized carbons (Fsp3) is 0.333. The van der Waals surface area contributed by atoms with Gasteiger partial charge < -0.3 is 15.8 Å². The zero-order valence-electron chi connectivity index (χ0n) is 12.3. The molecule has 0 saturated heterocycles. The predicted molar refractivity (Wildman–Crippen MR) is 82.6 cm³/mol. The van der Waals surface area contributed by atoms with Crippen LogP contribution in [0.3, 0.4) is 0 Å². The molecule has 0 bridgehead atoms. The Labute approximate surface area is 123 Å². The van der Waals surface area contributed by atoms with Crippen molar-refractivity contribution in [3.8, 4) is 5.75 Å². The van der Waals surface area contributed by atoms with Crippen molar-refractivity contribution in [3.05, 3.63) is 35.7 Å². The Kier molecular flexibility index (Phi) is 4.81. The molecular formula is C15H20N4O2. The lowest BCUT2D eigenvalue weighted by Gasteiger charge is -2.07. The molecule has 0 atom stereocenters. The average Bonchev–Trinajstić information content (AvgIpc) is 2.82. The summed E-state index contributed by atoms with van der Waals surface area (Å²) in [6, 6.07) is 7.20. The van der Waals surface area contributed by atoms with Crippen LogP contribution in [0.5, 0.6) is 5.75 Å². The van der Waals surface area contributed by atoms with E-state index < -0.39 is 0 Å². The highest BCUT2D eigenvalue weighted by atomic mass is 16.5. The molecule has 0 aliphatic rings. The van der Waals surface area contributed by atoms with Gasteiger partial charge >= 0.3 is 0 Å². The normalized spacial score (nSPS) is 10.4. The van der Waals surface area contributed by atoms with Crippen LogP contribution in [-0.2, 0) is 6.42 Å². The van der Waals surface area contributed by atoms with Gasteiger partial charge in [0.15, 0.2) is 5.69 Å². The van der Waals surface area contributed by atoms with E-state index in [1.54, 1.807) is 12.1 Å². The van der Waals surface area contributed by atoms with Gasteiger partial charge in [-0.05, 0) is 25.5 Å². The number of ether oxygens (including phenoxy) is 1. The van der Waals surface area contributed by atoms with Crippen LogP contribution in [0.4, 0.5) is 11.4 Å². The molecule has 2 aromatic rings. The fourth-order valence-electron chi connectivity index (χ4n) is 2.02. The van der Waals surface area contributed by atoms with Crippen molar-refractivity contribution >= 4 is 17.3 Å². The maximum Gasteiger partial charge on any atom is 0.278 e. The third kappa shape index (κ3) is 3.53. The number of benzene rings is 1. The Hall–Kier alpha value is -2.50. The van der Waals surface area contributed by atoms with Gasteiger partial charge in [-0.3, -0.25) is 9.89 Å². The summed E-state index contributed by atoms with van der Waals surface area (Å²) in [7, 11) is 0. The van der Waals surface area contributed by atoms with Gasteiger partial charge in [0, 0.05) is 11.8 Å². The number of nitrogens with one attached hydrogen (secondary N) is 2. The summed E-state index contributed by atoms with van der Waals surface area (Å²) >= 11 is 0. The van der Waals surface area contributed by atoms with E-state index in [0.29, 0.717) is 23.7 Å². The molecule has 1 amide bonds. The Morgan fingerprint density at radius 1 is 1.43 bits per heavy atom. The minimum Gasteiger partial charge on any atom is -0.494 e. The summed E-state index contributed by atoms with van der Waals surface area (Å²) in [5, 5.41) is 9.58. The summed E-state index contributed by atoms with van der Waals surface area (Å²) in [5.41, 5.74) is 8.02. The summed E-state index contributed by atoms with van der Waals surface area (Å²) in [6.07, 6.45) is 1.70. The highest BCUT2D eigenvalue weighted by Crippen LogP contribution is 2.20. The van der Waals surface area contributed by atoms with Crippen LogP contribution in [0.2, 0.25) is 0 Å². The quantitative estimate of drug-likeness (QED) is 0.761. The summed E-state index contributed by atoms with van der Waals surface area (Å²) in [6.45, 7) is 4.52. The third-order valence-corrected chi connectivity index (χ3v) is 3.00. The van der Waals surface area contributed by atoms with Crippen LogP contribution >= 0.6 is 0 Å². The number of nitrogens with two attached hydrogens (primary N) is 1. The van der Waals surface area contributed by atoms with E-state index in [4.69, 9.17) is 10.5 Å². The number of amides is 1. The van der Waals surface area contributed by atoms with Crippen LogP contribution < -0.4 is 15.8 Å². The number of hydrogen-bond donors (Lipinski definition) is 3. The molecule has 21 heavy (non-hydrogen) atoms. The minimum absolute atomic E-state index is 0.222. The maximum atomic E-state index is 12.2. The highest BCUT2D eigenvalue weighted by molar-refractivity contribution is 6.06. The molecule has 2 rings (SSSR count). The minimum atomic E-state index is -0.334. The number of nitrogen functional groups attached to an aromatic ring is 1. The second-order valence-electron chi connectivity index (χ2n) is 4.63. The lowest BCUT2D eigenvalue weighted by atomic mass is 10.2. The van der Waals surface area contributed by atoms with E-state index >= 15 is 0 Å². The first kappa shape index (κ1) is 14.9. The molecule has 4 N–H and O–H groups in total. The van der Waals surface area contributed by atoms with Crippen molar-refractivity contribution in [1.82, 2.24) is 10.2 Å². The topological polar surface area (TPSA) is 93.0 Å². The third-order valence-electron chi connectivity index (χ3n) is 3.00. The zero-order chi connectivity index (χ0) is 15.2. The van der Waals surface area contributed by atoms with Crippen molar-refractivity contribution < 1.29 is 9.53 Å². The van der Waals surface area contributed by atoms with E-state index in [1.165, 1.54) is 0 Å². The largest absolute Gasteiger partial charge is 0.494 e. The van der Waals surface area contributed by atoms with Crippen LogP contribution in [-0.4, -0.2) is 22.7 Å². The fourth-order valence-corrected chi connectivity index (χ4v) is 2.02. The van der Waals surface area contributed by atoms with Gasteiger partial charge in [-0.1, -0.05) is 19.4 Å². The number of aromatic amines is 1. The molecule has 0 spiro atoms. The van der Waals surface area contributed by atoms with Crippen molar-refractivity contribution in [2.45, 2.75) is 26.7 Å². The smallest absolute Gasteiger partial charge is 0.278 e. The average molecular weight is 288 g/mol. The Balaban J connectivity index is 2.12. The van der Waals surface area contributed by atoms with Gasteiger partial charge in [0.05, 0.1) is 18.0 Å². The number of nitrogens with zero attached hydrogens (tertiary/aromatic N) is 1. The molecule has 0 aliphatic carbocycles. The number of anilines is 2. The number of aromatic nitrogens is 2. The number of rotatable bonds is 6. The number of carbonyl (C=O) groups is 1. The molecule has 0 radical (unpaired) electrons. The second kappa shape index (κ2) is 6.78. The first-order valence-electron chi connectivity index (χ1n) is 7.02. The molecule has 1 aromatic carbocycles. The van der Waals surface area contributed by atoms with Crippen LogP contribution in [0.15, 0.2) is 24.3 Å². The molecular weight excluding hydrogens is 268 g/mol. The molecule has 6 nitrogen and oxygen atoms in total. The lowest BCUT2D eigenvalue weighted by molar-refractivity contribution is 0.102. The molecule has 6 heteroatoms. The summed E-state index contributed by atoms with van der Waals surface area (Å²) < 4.78 is 5.40. The SMILES string of the molecule is CCCc1[nH]nc(C(=O)Nc2cccc(OCC)c2)c1N. The summed E-state index contributed by atoms with van der Waals surface area (Å²) in [4.78, 5) is 12.2. The van der Waals surface area contributed by atoms with Gasteiger partial charge in [-0.15, -0.1) is 0 Å². The Morgan fingerprint density at radius 3 is 2.95 bits per heavy atom. The van der Waals surface area contributed by atoms with E-state index in [2.05, 4.69) is 15.5 Å². The maximum absolute atomic E-state index is 12.2. The van der Waals surface area contributed by atoms with Crippen LogP contribution in [0, 0.1) is 0 Å². The van der Waals surface area contributed by atoms with Crippen molar-refractivity contribution in [1.29, 1.82) is 0 Å². The van der Waals surface area contributed by atoms with Gasteiger partial charge in [0.25, 0.3) is 5.91 Å². The number of H-pyrrole nitrogens is 1. The Bertz CT molecular complexity index is 622. The van der Waals surface area contributed by atoms with Gasteiger partial charge in [0.1, 0.15) is 5.75 Å². The van der Waals surface area contributed by atoms with Crippen molar-refractivity contribution in [2.24, 2.45) is 0 Å². The van der Waals surface area contributed by atoms with Gasteiger partial charge in [-0.2, -0.15) is 5.10 Å². The van der Waals surface area contributed by atoms with E-state index in [0.717, 1.165) is 18.5 Å². The molecule has 0 unspecified atom stereocenters. The molecule has 0 saturated carbocycles. The zero-order valence-corrected chi connectivity index (χ0v) is 12.3. The molecule has 1 aromatic heterocycles. The second-order valence-corrected chi connectivity index (χ2v) is 4.63. The van der Waals surface area contributed by atoms with Gasteiger partial charge in [-0.25, -0.2) is 0 Å². The van der Waals surface area contributed by atoms with E-state index in [9.17, 15) is 4.79 Å². The van der Waals surface area contributed by atoms with Gasteiger partial charge in [0.2, 0.25) is 0 Å². The molecule has 0 fully saturated rings. The van der Waals surface area contributed by atoms with Crippen molar-refractivity contribution in [2.75, 3.05) is 17.7 Å². The van der Waals surface area contributed by atoms with E-state index in [1.807, 2.05) is 26.0 Å². The van der Waals surface area contributed by atoms with Crippen LogP contribution in [0.25, 0.3) is 0 Å². The highest BCUT2D eigenvalue weighted by Gasteiger charge is 2.17. The first-order chi connectivity index (χ1) is 10.2. The standard InChI is InChI=1S/C15H20N4O2/c1-3-6-12-13(16)14(19-18-12)15(20)17-10-7-5-8-11(9-10)21-4-2/h5,7-9H,3-4,6,16H2,1-2H3,(H,17,20)(H,18,19). The lowest BCUT2D eigenvalue weighted by Crippen LogP contribution is -2.14. The monoisotopic (exact) mass is 288 g/mol.